The second kappa shape index (κ2) is 11.8. The van der Waals surface area contributed by atoms with E-state index in [2.05, 4.69) is 40.8 Å². The summed E-state index contributed by atoms with van der Waals surface area (Å²) in [6, 6.07) is 0. The molecule has 0 rings (SSSR count). The minimum atomic E-state index is 1.05. The third kappa shape index (κ3) is 11.8. The SMILES string of the molecule is CCC=CC#CCCCCCCBr. The van der Waals surface area contributed by atoms with Crippen LogP contribution in [-0.4, -0.2) is 5.33 Å². The van der Waals surface area contributed by atoms with Crippen LogP contribution >= 0.6 is 15.9 Å². The van der Waals surface area contributed by atoms with E-state index >= 15 is 0 Å². The first kappa shape index (κ1) is 12.8. The molecule has 0 aromatic rings. The molecule has 0 aromatic heterocycles. The van der Waals surface area contributed by atoms with Crippen molar-refractivity contribution < 1.29 is 0 Å². The first-order valence-electron chi connectivity index (χ1n) is 5.11. The number of hydrogen-bond donors (Lipinski definition) is 0. The highest BCUT2D eigenvalue weighted by Crippen LogP contribution is 2.03. The molecule has 0 spiro atoms. The maximum atomic E-state index is 3.42. The molecule has 0 amide bonds. The summed E-state index contributed by atoms with van der Waals surface area (Å²) in [7, 11) is 0. The summed E-state index contributed by atoms with van der Waals surface area (Å²) in [5.74, 6) is 6.19. The van der Waals surface area contributed by atoms with E-state index < -0.39 is 0 Å². The molecule has 0 heterocycles. The molecule has 0 N–H and O–H groups in total. The fourth-order valence-corrected chi connectivity index (χ4v) is 1.37. The van der Waals surface area contributed by atoms with Crippen molar-refractivity contribution in [2.24, 2.45) is 0 Å². The Morgan fingerprint density at radius 2 is 1.92 bits per heavy atom. The molecule has 0 atom stereocenters. The molecule has 0 unspecified atom stereocenters. The number of alkyl halides is 1. The molecule has 0 aliphatic heterocycles. The van der Waals surface area contributed by atoms with Crippen LogP contribution in [0.1, 0.15) is 45.4 Å². The van der Waals surface area contributed by atoms with Crippen LogP contribution in [0.4, 0.5) is 0 Å². The van der Waals surface area contributed by atoms with Crippen molar-refractivity contribution in [1.29, 1.82) is 0 Å². The molecule has 13 heavy (non-hydrogen) atoms. The molecular weight excluding hydrogens is 224 g/mol. The van der Waals surface area contributed by atoms with E-state index in [0.29, 0.717) is 0 Å². The van der Waals surface area contributed by atoms with Gasteiger partial charge in [0.1, 0.15) is 0 Å². The minimum absolute atomic E-state index is 1.05. The highest BCUT2D eigenvalue weighted by molar-refractivity contribution is 9.09. The van der Waals surface area contributed by atoms with Crippen LogP contribution in [0.25, 0.3) is 0 Å². The zero-order chi connectivity index (χ0) is 9.78. The number of rotatable bonds is 6. The minimum Gasteiger partial charge on any atom is -0.0985 e. The van der Waals surface area contributed by atoms with Gasteiger partial charge in [-0.05, 0) is 25.3 Å². The molecule has 0 fully saturated rings. The third-order valence-electron chi connectivity index (χ3n) is 1.72. The summed E-state index contributed by atoms with van der Waals surface area (Å²) in [5, 5.41) is 1.14. The van der Waals surface area contributed by atoms with Gasteiger partial charge in [-0.2, -0.15) is 0 Å². The summed E-state index contributed by atoms with van der Waals surface area (Å²) >= 11 is 3.42. The lowest BCUT2D eigenvalue weighted by molar-refractivity contribution is 0.685. The van der Waals surface area contributed by atoms with Crippen LogP contribution in [-0.2, 0) is 0 Å². The van der Waals surface area contributed by atoms with Crippen LogP contribution in [0.2, 0.25) is 0 Å². The largest absolute Gasteiger partial charge is 0.0985 e. The van der Waals surface area contributed by atoms with Gasteiger partial charge in [0.2, 0.25) is 0 Å². The van der Waals surface area contributed by atoms with Crippen molar-refractivity contribution >= 4 is 15.9 Å². The number of hydrogen-bond acceptors (Lipinski definition) is 0. The van der Waals surface area contributed by atoms with Crippen molar-refractivity contribution in [1.82, 2.24) is 0 Å². The monoisotopic (exact) mass is 242 g/mol. The summed E-state index contributed by atoms with van der Waals surface area (Å²) < 4.78 is 0. The van der Waals surface area contributed by atoms with Crippen molar-refractivity contribution in [2.45, 2.75) is 45.4 Å². The quantitative estimate of drug-likeness (QED) is 0.370. The fourth-order valence-electron chi connectivity index (χ4n) is 0.969. The Morgan fingerprint density at radius 1 is 1.15 bits per heavy atom. The second-order valence-corrected chi connectivity index (χ2v) is 3.78. The van der Waals surface area contributed by atoms with Crippen molar-refractivity contribution in [3.63, 3.8) is 0 Å². The molecule has 0 radical (unpaired) electrons. The first-order valence-corrected chi connectivity index (χ1v) is 6.23. The van der Waals surface area contributed by atoms with Gasteiger partial charge in [-0.3, -0.25) is 0 Å². The van der Waals surface area contributed by atoms with E-state index in [4.69, 9.17) is 0 Å². The second-order valence-electron chi connectivity index (χ2n) is 2.98. The highest BCUT2D eigenvalue weighted by atomic mass is 79.9. The third-order valence-corrected chi connectivity index (χ3v) is 2.29. The summed E-state index contributed by atoms with van der Waals surface area (Å²) in [6.45, 7) is 2.12. The van der Waals surface area contributed by atoms with E-state index in [1.807, 2.05) is 6.08 Å². The van der Waals surface area contributed by atoms with Crippen molar-refractivity contribution in [3.8, 4) is 11.8 Å². The molecule has 0 aliphatic carbocycles. The van der Waals surface area contributed by atoms with Crippen molar-refractivity contribution in [3.05, 3.63) is 12.2 Å². The molecule has 0 saturated carbocycles. The Morgan fingerprint density at radius 3 is 2.62 bits per heavy atom. The fraction of sp³-hybridized carbons (Fsp3) is 0.667. The smallest absolute Gasteiger partial charge is 0.00922 e. The highest BCUT2D eigenvalue weighted by Gasteiger charge is 1.85. The maximum Gasteiger partial charge on any atom is 0.00922 e. The number of halogens is 1. The van der Waals surface area contributed by atoms with E-state index in [0.717, 1.165) is 18.2 Å². The zero-order valence-electron chi connectivity index (χ0n) is 8.48. The molecule has 1 heteroatoms. The van der Waals surface area contributed by atoms with E-state index in [-0.39, 0.29) is 0 Å². The first-order chi connectivity index (χ1) is 6.41. The topological polar surface area (TPSA) is 0 Å². The van der Waals surface area contributed by atoms with Crippen LogP contribution in [0, 0.1) is 11.8 Å². The molecule has 0 aromatic carbocycles. The van der Waals surface area contributed by atoms with Gasteiger partial charge in [-0.1, -0.05) is 53.6 Å². The summed E-state index contributed by atoms with van der Waals surface area (Å²) in [6.07, 6.45) is 11.4. The van der Waals surface area contributed by atoms with Crippen LogP contribution in [0.3, 0.4) is 0 Å². The molecule has 74 valence electrons. The van der Waals surface area contributed by atoms with Gasteiger partial charge in [0.05, 0.1) is 0 Å². The Labute approximate surface area is 90.9 Å². The number of unbranched alkanes of at least 4 members (excludes halogenated alkanes) is 4. The van der Waals surface area contributed by atoms with Gasteiger partial charge >= 0.3 is 0 Å². The average Bonchev–Trinajstić information content (AvgIpc) is 2.16. The van der Waals surface area contributed by atoms with Gasteiger partial charge in [0, 0.05) is 11.8 Å². The lowest BCUT2D eigenvalue weighted by Crippen LogP contribution is -1.77. The van der Waals surface area contributed by atoms with Gasteiger partial charge in [0.25, 0.3) is 0 Å². The Balaban J connectivity index is 3.13. The predicted molar refractivity (Wildman–Crippen MR) is 64.1 cm³/mol. The van der Waals surface area contributed by atoms with E-state index in [1.54, 1.807) is 0 Å². The lowest BCUT2D eigenvalue weighted by Gasteiger charge is -1.93. The van der Waals surface area contributed by atoms with E-state index in [1.165, 1.54) is 25.7 Å². The molecule has 0 saturated heterocycles. The summed E-state index contributed by atoms with van der Waals surface area (Å²) in [5.41, 5.74) is 0. The van der Waals surface area contributed by atoms with Crippen LogP contribution in [0.5, 0.6) is 0 Å². The van der Waals surface area contributed by atoms with Crippen LogP contribution < -0.4 is 0 Å². The standard InChI is InChI=1S/C12H19Br/c1-2-3-4-5-6-7-8-9-10-11-12-13/h3-4H,2,7-12H2,1H3. The van der Waals surface area contributed by atoms with Crippen LogP contribution in [0.15, 0.2) is 12.2 Å². The van der Waals surface area contributed by atoms with Gasteiger partial charge < -0.3 is 0 Å². The lowest BCUT2D eigenvalue weighted by atomic mass is 10.2. The molecule has 0 bridgehead atoms. The van der Waals surface area contributed by atoms with Crippen molar-refractivity contribution in [2.75, 3.05) is 5.33 Å². The van der Waals surface area contributed by atoms with E-state index in [9.17, 15) is 0 Å². The Bertz CT molecular complexity index is 171. The van der Waals surface area contributed by atoms with Gasteiger partial charge in [-0.25, -0.2) is 0 Å². The number of allylic oxidation sites excluding steroid dienone is 2. The predicted octanol–water partition coefficient (Wildman–Crippen LogP) is 4.30. The normalized spacial score (nSPS) is 10.0. The summed E-state index contributed by atoms with van der Waals surface area (Å²) in [4.78, 5) is 0. The maximum absolute atomic E-state index is 3.42. The zero-order valence-corrected chi connectivity index (χ0v) is 10.1. The Kier molecular flexibility index (Phi) is 11.6. The molecule has 0 aliphatic rings. The molecular formula is C12H19Br. The average molecular weight is 243 g/mol. The van der Waals surface area contributed by atoms with Gasteiger partial charge in [0.15, 0.2) is 0 Å². The molecule has 0 nitrogen and oxygen atoms in total. The Hall–Kier alpha value is -0.220. The van der Waals surface area contributed by atoms with Gasteiger partial charge in [-0.15, -0.1) is 0 Å².